The molecule has 4 nitrogen and oxygen atoms in total. The van der Waals surface area contributed by atoms with Gasteiger partial charge in [-0.15, -0.1) is 0 Å². The van der Waals surface area contributed by atoms with Crippen molar-refractivity contribution in [2.75, 3.05) is 12.4 Å². The highest BCUT2D eigenvalue weighted by Gasteiger charge is 2.16. The molecular weight excluding hydrogens is 476 g/mol. The van der Waals surface area contributed by atoms with Crippen LogP contribution in [0.15, 0.2) is 60.7 Å². The Kier molecular flexibility index (Phi) is 21.2. The summed E-state index contributed by atoms with van der Waals surface area (Å²) in [5.74, 6) is 0.0112. The number of halogens is 6. The van der Waals surface area contributed by atoms with E-state index in [-0.39, 0.29) is 25.5 Å². The molecule has 35 heavy (non-hydrogen) atoms. The summed E-state index contributed by atoms with van der Waals surface area (Å²) in [6, 6.07) is 19.3. The summed E-state index contributed by atoms with van der Waals surface area (Å²) in [5, 5.41) is 2.58. The number of hydrogen-bond donors (Lipinski definition) is 1. The number of benzene rings is 2. The molecule has 200 valence electrons. The van der Waals surface area contributed by atoms with Crippen LogP contribution in [0.3, 0.4) is 0 Å². The Morgan fingerprint density at radius 3 is 1.51 bits per heavy atom. The van der Waals surface area contributed by atoms with Crippen LogP contribution in [0.5, 0.6) is 0 Å². The van der Waals surface area contributed by atoms with Crippen LogP contribution in [0, 0.1) is 0 Å². The van der Waals surface area contributed by atoms with E-state index in [1.165, 1.54) is 7.11 Å². The van der Waals surface area contributed by atoms with Gasteiger partial charge in [-0.25, -0.2) is 4.79 Å². The van der Waals surface area contributed by atoms with E-state index in [1.54, 1.807) is 19.1 Å². The Morgan fingerprint density at radius 1 is 0.857 bits per heavy atom. The van der Waals surface area contributed by atoms with Gasteiger partial charge in [0, 0.05) is 25.5 Å². The third kappa shape index (κ3) is 31.0. The molecule has 0 radical (unpaired) electrons. The van der Waals surface area contributed by atoms with Crippen LogP contribution >= 0.6 is 0 Å². The number of Topliss-reactive ketones (excluding diaryl/α,β-unsaturated/α-hetero) is 1. The van der Waals surface area contributed by atoms with Crippen LogP contribution in [0.4, 0.5) is 36.8 Å². The summed E-state index contributed by atoms with van der Waals surface area (Å²) < 4.78 is 66.6. The van der Waals surface area contributed by atoms with Gasteiger partial charge in [-0.2, -0.15) is 26.3 Å². The molecule has 10 heteroatoms. The molecule has 0 heterocycles. The van der Waals surface area contributed by atoms with Gasteiger partial charge in [-0.1, -0.05) is 69.3 Å². The lowest BCUT2D eigenvalue weighted by molar-refractivity contribution is -0.118. The number of anilines is 1. The van der Waals surface area contributed by atoms with E-state index in [1.807, 2.05) is 69.3 Å². The summed E-state index contributed by atoms with van der Waals surface area (Å²) in [5.41, 5.74) is 1.54. The molecule has 0 spiro atoms. The van der Waals surface area contributed by atoms with Crippen molar-refractivity contribution in [2.24, 2.45) is 0 Å². The Labute approximate surface area is 203 Å². The highest BCUT2D eigenvalue weighted by molar-refractivity contribution is 5.86. The third-order valence-electron chi connectivity index (χ3n) is 3.29. The predicted molar refractivity (Wildman–Crippen MR) is 127 cm³/mol. The first-order valence-corrected chi connectivity index (χ1v) is 10.7. The van der Waals surface area contributed by atoms with Gasteiger partial charge in [0.1, 0.15) is 5.78 Å². The Hall–Kier alpha value is -3.04. The van der Waals surface area contributed by atoms with Crippen LogP contribution in [0.2, 0.25) is 0 Å². The monoisotopic (exact) mass is 511 g/mol. The van der Waals surface area contributed by atoms with Gasteiger partial charge < -0.3 is 4.74 Å². The second-order valence-electron chi connectivity index (χ2n) is 6.53. The zero-order valence-corrected chi connectivity index (χ0v) is 21.1. The molecular formula is C25H35F6NO3. The van der Waals surface area contributed by atoms with Gasteiger partial charge in [0.2, 0.25) is 0 Å². The third-order valence-corrected chi connectivity index (χ3v) is 3.29. The largest absolute Gasteiger partial charge is 0.453 e. The number of nitrogens with one attached hydrogen (secondary N) is 1. The van der Waals surface area contributed by atoms with Crippen molar-refractivity contribution in [3.05, 3.63) is 66.2 Å². The Morgan fingerprint density at radius 2 is 1.23 bits per heavy atom. The molecule has 0 aliphatic rings. The zero-order chi connectivity index (χ0) is 28.1. The lowest BCUT2D eigenvalue weighted by atomic mass is 9.93. The molecule has 0 fully saturated rings. The molecule has 0 aromatic heterocycles. The first-order valence-electron chi connectivity index (χ1n) is 10.7. The second-order valence-corrected chi connectivity index (χ2v) is 6.53. The van der Waals surface area contributed by atoms with Crippen molar-refractivity contribution in [3.8, 4) is 0 Å². The summed E-state index contributed by atoms with van der Waals surface area (Å²) in [4.78, 5) is 22.5. The molecule has 1 amide bonds. The van der Waals surface area contributed by atoms with Gasteiger partial charge in [0.25, 0.3) is 0 Å². The number of alkyl halides is 6. The van der Waals surface area contributed by atoms with Gasteiger partial charge in [-0.05, 0) is 31.0 Å². The molecule has 1 atom stereocenters. The molecule has 2 rings (SSSR count). The molecule has 0 saturated heterocycles. The fourth-order valence-electron chi connectivity index (χ4n) is 2.14. The topological polar surface area (TPSA) is 55.4 Å². The number of carbonyl (C=O) groups is 2. The van der Waals surface area contributed by atoms with Crippen molar-refractivity contribution in [3.63, 3.8) is 0 Å². The number of amides is 1. The summed E-state index contributed by atoms with van der Waals surface area (Å²) in [7, 11) is 1.31. The number of ether oxygens (including phenoxy) is 1. The van der Waals surface area contributed by atoms with Crippen molar-refractivity contribution >= 4 is 17.6 Å². The molecule has 2 aromatic carbocycles. The minimum atomic E-state index is -4.00. The average molecular weight is 512 g/mol. The summed E-state index contributed by atoms with van der Waals surface area (Å²) >= 11 is 0. The van der Waals surface area contributed by atoms with E-state index < -0.39 is 18.4 Å². The highest BCUT2D eigenvalue weighted by atomic mass is 19.4. The van der Waals surface area contributed by atoms with E-state index in [2.05, 4.69) is 10.1 Å². The lowest BCUT2D eigenvalue weighted by Crippen LogP contribution is -2.12. The van der Waals surface area contributed by atoms with E-state index >= 15 is 0 Å². The number of hydrogen-bond acceptors (Lipinski definition) is 3. The van der Waals surface area contributed by atoms with E-state index in [4.69, 9.17) is 0 Å². The standard InChI is InChI=1S/C13H17NO3.C6H6.2C2H3F3.C2H6/c1-4-12(9(2)15)10-6-5-7-11(8-10)14-13(16)17-3;1-2-4-6-5-3-1;2*1-2(3,4)5;1-2/h5-8,12H,4H2,1-3H3,(H,14,16);1-6H;2*1H3;1-2H3. The van der Waals surface area contributed by atoms with Crippen LogP contribution < -0.4 is 5.32 Å². The molecule has 0 aliphatic heterocycles. The SMILES string of the molecule is CC.CC(F)(F)F.CC(F)(F)F.CCC(C(C)=O)c1cccc(NC(=O)OC)c1.c1ccccc1. The Bertz CT molecular complexity index is 743. The quantitative estimate of drug-likeness (QED) is 0.417. The Balaban J connectivity index is -0.000000463. The van der Waals surface area contributed by atoms with Crippen LogP contribution in [0.1, 0.15) is 59.4 Å². The summed E-state index contributed by atoms with van der Waals surface area (Å²) in [6.07, 6.45) is -7.77. The molecule has 2 aromatic rings. The van der Waals surface area contributed by atoms with Gasteiger partial charge in [0.15, 0.2) is 0 Å². The highest BCUT2D eigenvalue weighted by Crippen LogP contribution is 2.23. The van der Waals surface area contributed by atoms with Crippen molar-refractivity contribution in [2.45, 2.75) is 66.2 Å². The van der Waals surface area contributed by atoms with E-state index in [0.717, 1.165) is 12.0 Å². The maximum absolute atomic E-state index is 11.5. The number of methoxy groups -OCH3 is 1. The van der Waals surface area contributed by atoms with Crippen LogP contribution in [0.25, 0.3) is 0 Å². The zero-order valence-electron chi connectivity index (χ0n) is 21.1. The molecule has 1 N–H and O–H groups in total. The fourth-order valence-corrected chi connectivity index (χ4v) is 2.14. The minimum Gasteiger partial charge on any atom is -0.453 e. The number of ketones is 1. The van der Waals surface area contributed by atoms with E-state index in [0.29, 0.717) is 5.69 Å². The van der Waals surface area contributed by atoms with Crippen LogP contribution in [-0.4, -0.2) is 31.3 Å². The maximum Gasteiger partial charge on any atom is 0.411 e. The smallest absolute Gasteiger partial charge is 0.411 e. The number of rotatable bonds is 4. The van der Waals surface area contributed by atoms with Crippen molar-refractivity contribution < 1.29 is 40.7 Å². The lowest BCUT2D eigenvalue weighted by Gasteiger charge is -2.13. The minimum absolute atomic E-state index is 0.116. The summed E-state index contributed by atoms with van der Waals surface area (Å²) in [6.45, 7) is 7.92. The normalized spacial score (nSPS) is 10.7. The molecule has 0 aliphatic carbocycles. The van der Waals surface area contributed by atoms with Gasteiger partial charge in [-0.3, -0.25) is 10.1 Å². The fraction of sp³-hybridized carbons (Fsp3) is 0.440. The maximum atomic E-state index is 11.5. The molecule has 0 saturated carbocycles. The van der Waals surface area contributed by atoms with Gasteiger partial charge >= 0.3 is 18.4 Å². The van der Waals surface area contributed by atoms with Crippen molar-refractivity contribution in [1.29, 1.82) is 0 Å². The first kappa shape index (κ1) is 36.5. The molecule has 0 bridgehead atoms. The second kappa shape index (κ2) is 20.3. The van der Waals surface area contributed by atoms with Crippen molar-refractivity contribution in [1.82, 2.24) is 0 Å². The number of carbonyl (C=O) groups excluding carboxylic acids is 2. The first-order chi connectivity index (χ1) is 16.1. The van der Waals surface area contributed by atoms with Gasteiger partial charge in [0.05, 0.1) is 7.11 Å². The average Bonchev–Trinajstić information content (AvgIpc) is 2.75. The predicted octanol–water partition coefficient (Wildman–Crippen LogP) is 8.80. The van der Waals surface area contributed by atoms with Crippen LogP contribution in [-0.2, 0) is 9.53 Å². The van der Waals surface area contributed by atoms with E-state index in [9.17, 15) is 35.9 Å². The molecule has 1 unspecified atom stereocenters.